The number of rotatable bonds is 3. The van der Waals surface area contributed by atoms with Crippen LogP contribution in [0.5, 0.6) is 11.5 Å². The second-order valence-electron chi connectivity index (χ2n) is 6.89. The number of ether oxygens (including phenoxy) is 2. The average molecular weight is 414 g/mol. The Morgan fingerprint density at radius 1 is 0.967 bits per heavy atom. The molecular formula is C23H17F3O4. The Kier molecular flexibility index (Phi) is 4.78. The van der Waals surface area contributed by atoms with Gasteiger partial charge in [0.1, 0.15) is 11.5 Å². The molecule has 0 amide bonds. The van der Waals surface area contributed by atoms with Gasteiger partial charge in [0.15, 0.2) is 11.7 Å². The number of phenols is 1. The fourth-order valence-electron chi connectivity index (χ4n) is 3.86. The molecule has 0 bridgehead atoms. The van der Waals surface area contributed by atoms with Crippen LogP contribution in [0.25, 0.3) is 0 Å². The van der Waals surface area contributed by atoms with Gasteiger partial charge in [-0.25, -0.2) is 0 Å². The van der Waals surface area contributed by atoms with E-state index in [1.165, 1.54) is 61.7 Å². The molecule has 1 heterocycles. The van der Waals surface area contributed by atoms with Gasteiger partial charge >= 0.3 is 6.18 Å². The van der Waals surface area contributed by atoms with Crippen LogP contribution in [0, 0.1) is 0 Å². The summed E-state index contributed by atoms with van der Waals surface area (Å²) in [5.41, 5.74) is -2.55. The van der Waals surface area contributed by atoms with Gasteiger partial charge in [-0.15, -0.1) is 0 Å². The van der Waals surface area contributed by atoms with Crippen LogP contribution in [-0.4, -0.2) is 18.0 Å². The summed E-state index contributed by atoms with van der Waals surface area (Å²) >= 11 is 0. The van der Waals surface area contributed by atoms with E-state index < -0.39 is 29.2 Å². The Balaban J connectivity index is 2.02. The molecule has 2 unspecified atom stereocenters. The largest absolute Gasteiger partial charge is 0.508 e. The van der Waals surface area contributed by atoms with E-state index in [-0.39, 0.29) is 28.2 Å². The highest BCUT2D eigenvalue weighted by Crippen LogP contribution is 2.51. The van der Waals surface area contributed by atoms with Crippen molar-refractivity contribution in [2.24, 2.45) is 0 Å². The van der Waals surface area contributed by atoms with Crippen LogP contribution in [-0.2, 0) is 16.5 Å². The van der Waals surface area contributed by atoms with E-state index >= 15 is 0 Å². The molecule has 3 aromatic carbocycles. The van der Waals surface area contributed by atoms with Crippen molar-refractivity contribution < 1.29 is 32.5 Å². The number of alkyl halides is 3. The highest BCUT2D eigenvalue weighted by molar-refractivity contribution is 6.06. The van der Waals surface area contributed by atoms with Gasteiger partial charge in [-0.05, 0) is 35.9 Å². The first-order chi connectivity index (χ1) is 14.3. The Bertz CT molecular complexity index is 1090. The molecule has 4 nitrogen and oxygen atoms in total. The number of ketones is 1. The SMILES string of the molecule is COC1(c2ccc(O)cc2)C(=O)c2ccccc2OC1c1ccccc1C(F)(F)F. The van der Waals surface area contributed by atoms with Gasteiger partial charge in [0.05, 0.1) is 11.1 Å². The van der Waals surface area contributed by atoms with Crippen LogP contribution in [0.15, 0.2) is 72.8 Å². The number of halogens is 3. The van der Waals surface area contributed by atoms with E-state index in [1.54, 1.807) is 12.1 Å². The van der Waals surface area contributed by atoms with Crippen molar-refractivity contribution in [1.29, 1.82) is 0 Å². The molecule has 0 radical (unpaired) electrons. The van der Waals surface area contributed by atoms with Crippen LogP contribution in [0.4, 0.5) is 13.2 Å². The van der Waals surface area contributed by atoms with Gasteiger partial charge in [-0.1, -0.05) is 42.5 Å². The normalized spacial score (nSPS) is 21.1. The molecule has 0 spiro atoms. The molecule has 0 aromatic heterocycles. The third-order valence-electron chi connectivity index (χ3n) is 5.25. The van der Waals surface area contributed by atoms with Crippen LogP contribution >= 0.6 is 0 Å². The zero-order chi connectivity index (χ0) is 21.5. The zero-order valence-corrected chi connectivity index (χ0v) is 15.8. The fraction of sp³-hybridized carbons (Fsp3) is 0.174. The van der Waals surface area contributed by atoms with Crippen molar-refractivity contribution in [3.8, 4) is 11.5 Å². The number of fused-ring (bicyclic) bond motifs is 1. The number of carbonyl (C=O) groups excluding carboxylic acids is 1. The summed E-state index contributed by atoms with van der Waals surface area (Å²) in [7, 11) is 1.26. The van der Waals surface area contributed by atoms with Crippen LogP contribution in [0.2, 0.25) is 0 Å². The topological polar surface area (TPSA) is 55.8 Å². The van der Waals surface area contributed by atoms with Gasteiger partial charge in [0, 0.05) is 12.7 Å². The number of aromatic hydroxyl groups is 1. The molecule has 7 heteroatoms. The van der Waals surface area contributed by atoms with E-state index in [0.717, 1.165) is 6.07 Å². The van der Waals surface area contributed by atoms with E-state index in [2.05, 4.69) is 0 Å². The van der Waals surface area contributed by atoms with Crippen LogP contribution < -0.4 is 4.74 Å². The first-order valence-electron chi connectivity index (χ1n) is 9.10. The molecule has 0 fully saturated rings. The number of carbonyl (C=O) groups is 1. The number of Topliss-reactive ketones (excluding diaryl/α,β-unsaturated/α-hetero) is 1. The Morgan fingerprint density at radius 2 is 1.60 bits per heavy atom. The highest BCUT2D eigenvalue weighted by atomic mass is 19.4. The van der Waals surface area contributed by atoms with Gasteiger partial charge in [0.2, 0.25) is 5.78 Å². The summed E-state index contributed by atoms with van der Waals surface area (Å²) in [6.45, 7) is 0. The van der Waals surface area contributed by atoms with E-state index in [1.807, 2.05) is 0 Å². The number of benzene rings is 3. The van der Waals surface area contributed by atoms with Crippen molar-refractivity contribution >= 4 is 5.78 Å². The smallest absolute Gasteiger partial charge is 0.416 e. The number of methoxy groups -OCH3 is 1. The van der Waals surface area contributed by atoms with Crippen molar-refractivity contribution in [3.63, 3.8) is 0 Å². The van der Waals surface area contributed by atoms with Gasteiger partial charge < -0.3 is 14.6 Å². The minimum absolute atomic E-state index is 0.0539. The number of para-hydroxylation sites is 1. The number of hydrogen-bond acceptors (Lipinski definition) is 4. The lowest BCUT2D eigenvalue weighted by Crippen LogP contribution is -2.49. The molecule has 154 valence electrons. The molecule has 1 aliphatic rings. The molecule has 0 saturated heterocycles. The van der Waals surface area contributed by atoms with Crippen molar-refractivity contribution in [2.75, 3.05) is 7.11 Å². The molecule has 0 aliphatic carbocycles. The summed E-state index contributed by atoms with van der Waals surface area (Å²) in [4.78, 5) is 13.7. The van der Waals surface area contributed by atoms with E-state index in [0.29, 0.717) is 0 Å². The lowest BCUT2D eigenvalue weighted by molar-refractivity contribution is -0.141. The predicted molar refractivity (Wildman–Crippen MR) is 102 cm³/mol. The van der Waals surface area contributed by atoms with Crippen molar-refractivity contribution in [2.45, 2.75) is 17.9 Å². The molecule has 30 heavy (non-hydrogen) atoms. The van der Waals surface area contributed by atoms with E-state index in [9.17, 15) is 23.1 Å². The highest BCUT2D eigenvalue weighted by Gasteiger charge is 2.55. The first-order valence-corrected chi connectivity index (χ1v) is 9.10. The standard InChI is InChI=1S/C23H17F3O4/c1-29-22(14-10-12-15(27)13-11-14)20(28)17-7-3-5-9-19(17)30-21(22)16-6-2-4-8-18(16)23(24,25)26/h2-13,21,27H,1H3. The Morgan fingerprint density at radius 3 is 2.27 bits per heavy atom. The first kappa shape index (κ1) is 20.0. The molecule has 1 N–H and O–H groups in total. The second-order valence-corrected chi connectivity index (χ2v) is 6.89. The lowest BCUT2D eigenvalue weighted by atomic mass is 9.75. The summed E-state index contributed by atoms with van der Waals surface area (Å²) < 4.78 is 53.1. The monoisotopic (exact) mass is 414 g/mol. The number of hydrogen-bond donors (Lipinski definition) is 1. The summed E-state index contributed by atoms with van der Waals surface area (Å²) in [6.07, 6.45) is -6.07. The summed E-state index contributed by atoms with van der Waals surface area (Å²) in [6, 6.07) is 16.9. The van der Waals surface area contributed by atoms with Crippen LogP contribution in [0.3, 0.4) is 0 Å². The minimum Gasteiger partial charge on any atom is -0.508 e. The molecule has 2 atom stereocenters. The summed E-state index contributed by atoms with van der Waals surface area (Å²) in [5.74, 6) is -0.405. The van der Waals surface area contributed by atoms with Crippen molar-refractivity contribution in [3.05, 3.63) is 95.1 Å². The Labute approximate surface area is 170 Å². The van der Waals surface area contributed by atoms with Crippen molar-refractivity contribution in [1.82, 2.24) is 0 Å². The molecule has 1 aliphatic heterocycles. The molecule has 0 saturated carbocycles. The maximum atomic E-state index is 13.8. The fourth-order valence-corrected chi connectivity index (χ4v) is 3.86. The van der Waals surface area contributed by atoms with Gasteiger partial charge in [-0.2, -0.15) is 13.2 Å². The summed E-state index contributed by atoms with van der Waals surface area (Å²) in [5, 5.41) is 9.66. The predicted octanol–water partition coefficient (Wildman–Crippen LogP) is 5.27. The molecule has 3 aromatic rings. The molecular weight excluding hydrogens is 397 g/mol. The van der Waals surface area contributed by atoms with Gasteiger partial charge in [-0.3, -0.25) is 4.79 Å². The third kappa shape index (κ3) is 3.02. The van der Waals surface area contributed by atoms with E-state index in [4.69, 9.17) is 9.47 Å². The quantitative estimate of drug-likeness (QED) is 0.635. The zero-order valence-electron chi connectivity index (χ0n) is 15.8. The minimum atomic E-state index is -4.66. The lowest BCUT2D eigenvalue weighted by Gasteiger charge is -2.43. The third-order valence-corrected chi connectivity index (χ3v) is 5.25. The average Bonchev–Trinajstić information content (AvgIpc) is 2.74. The second kappa shape index (κ2) is 7.18. The van der Waals surface area contributed by atoms with Crippen LogP contribution in [0.1, 0.15) is 33.2 Å². The number of phenolic OH excluding ortho intramolecular Hbond substituents is 1. The maximum absolute atomic E-state index is 13.8. The Hall–Kier alpha value is -3.32. The maximum Gasteiger partial charge on any atom is 0.416 e. The van der Waals surface area contributed by atoms with Gasteiger partial charge in [0.25, 0.3) is 0 Å². The molecule has 4 rings (SSSR count).